The summed E-state index contributed by atoms with van der Waals surface area (Å²) in [7, 11) is 0. The zero-order valence-electron chi connectivity index (χ0n) is 19.8. The topological polar surface area (TPSA) is 106 Å². The number of nitriles is 1. The van der Waals surface area contributed by atoms with Crippen LogP contribution in [0, 0.1) is 24.2 Å². The maximum absolute atomic E-state index is 9.94. The zero-order valence-corrected chi connectivity index (χ0v) is 20.5. The summed E-state index contributed by atoms with van der Waals surface area (Å²) in [6.45, 7) is 13.6. The van der Waals surface area contributed by atoms with Crippen LogP contribution in [0.2, 0.25) is 5.02 Å². The van der Waals surface area contributed by atoms with Crippen molar-refractivity contribution in [2.75, 3.05) is 32.0 Å². The Morgan fingerprint density at radius 1 is 1.30 bits per heavy atom. The highest BCUT2D eigenvalue weighted by atomic mass is 35.5. The Balaban J connectivity index is 1.83. The molecule has 9 heteroatoms. The fraction of sp³-hybridized carbons (Fsp3) is 0.500. The fourth-order valence-electron chi connectivity index (χ4n) is 4.78. The first-order valence-electron chi connectivity index (χ1n) is 11.3. The minimum atomic E-state index is -0.243. The highest BCUT2D eigenvalue weighted by Crippen LogP contribution is 2.44. The van der Waals surface area contributed by atoms with Crippen molar-refractivity contribution in [3.63, 3.8) is 0 Å². The molecule has 0 amide bonds. The molecule has 4 rings (SSSR count). The predicted octanol–water partition coefficient (Wildman–Crippen LogP) is 4.31. The van der Waals surface area contributed by atoms with Crippen molar-refractivity contribution in [2.24, 2.45) is 5.92 Å². The molecule has 1 unspecified atom stereocenters. The lowest BCUT2D eigenvalue weighted by atomic mass is 9.84. The Morgan fingerprint density at radius 2 is 2.03 bits per heavy atom. The second-order valence-corrected chi connectivity index (χ2v) is 9.49. The first-order chi connectivity index (χ1) is 15.8. The number of likely N-dealkylation sites (tertiary alicyclic amines) is 1. The summed E-state index contributed by atoms with van der Waals surface area (Å²) >= 11 is 6.67. The van der Waals surface area contributed by atoms with Crippen LogP contribution >= 0.6 is 11.6 Å². The Hall–Kier alpha value is -2.89. The molecule has 0 spiro atoms. The molecule has 1 aromatic carbocycles. The van der Waals surface area contributed by atoms with E-state index in [1.54, 1.807) is 0 Å². The lowest BCUT2D eigenvalue weighted by Crippen LogP contribution is -2.47. The Morgan fingerprint density at radius 3 is 2.67 bits per heavy atom. The maximum Gasteiger partial charge on any atom is 0.164 e. The van der Waals surface area contributed by atoms with Crippen molar-refractivity contribution >= 4 is 28.5 Å². The number of nitrogens with zero attached hydrogens (tertiary/aromatic N) is 6. The monoisotopic (exact) mass is 467 g/mol. The molecular formula is C24H30ClN7O. The minimum Gasteiger partial charge on any atom is -0.493 e. The number of rotatable bonds is 7. The second kappa shape index (κ2) is 9.16. The Labute approximate surface area is 199 Å². The van der Waals surface area contributed by atoms with Crippen molar-refractivity contribution in [3.05, 3.63) is 39.8 Å². The van der Waals surface area contributed by atoms with Crippen LogP contribution in [-0.4, -0.2) is 50.9 Å². The van der Waals surface area contributed by atoms with E-state index in [-0.39, 0.29) is 12.0 Å². The normalized spacial score (nSPS) is 15.6. The molecule has 1 atom stereocenters. The van der Waals surface area contributed by atoms with E-state index in [0.717, 1.165) is 47.6 Å². The standard InChI is InChI=1S/C24H30ClN7O/c1-6-33-22-17(15(5)32-24-20(14(4)30-32)23(27)28-12-29-24)7-19(25)18(8-26)21(22)16-10-31(11-16)9-13(2)3/h7,12-13,15-16H,6,9-11H2,1-5H3,(H2,27,28,29). The average molecular weight is 468 g/mol. The van der Waals surface area contributed by atoms with Crippen molar-refractivity contribution in [1.82, 2.24) is 24.6 Å². The van der Waals surface area contributed by atoms with Gasteiger partial charge in [-0.25, -0.2) is 14.6 Å². The van der Waals surface area contributed by atoms with E-state index in [1.165, 1.54) is 6.33 Å². The number of aryl methyl sites for hydroxylation is 1. The van der Waals surface area contributed by atoms with Crippen LogP contribution in [0.1, 0.15) is 62.0 Å². The van der Waals surface area contributed by atoms with Crippen molar-refractivity contribution in [1.29, 1.82) is 5.26 Å². The summed E-state index contributed by atoms with van der Waals surface area (Å²) in [5, 5.41) is 15.8. The number of halogens is 1. The molecule has 33 heavy (non-hydrogen) atoms. The number of fused-ring (bicyclic) bond motifs is 1. The van der Waals surface area contributed by atoms with E-state index < -0.39 is 0 Å². The summed E-state index contributed by atoms with van der Waals surface area (Å²) in [6, 6.07) is 3.91. The highest BCUT2D eigenvalue weighted by molar-refractivity contribution is 6.32. The van der Waals surface area contributed by atoms with Gasteiger partial charge in [0.25, 0.3) is 0 Å². The van der Waals surface area contributed by atoms with Gasteiger partial charge in [-0.3, -0.25) is 0 Å². The average Bonchev–Trinajstić information content (AvgIpc) is 3.08. The SMILES string of the molecule is CCOc1c(C(C)n2nc(C)c3c(N)ncnc32)cc(Cl)c(C#N)c1C1CN(CC(C)C)C1. The smallest absolute Gasteiger partial charge is 0.164 e. The van der Waals surface area contributed by atoms with E-state index in [9.17, 15) is 5.26 Å². The number of ether oxygens (including phenoxy) is 1. The molecule has 2 aromatic heterocycles. The van der Waals surface area contributed by atoms with Crippen LogP contribution in [0.5, 0.6) is 5.75 Å². The summed E-state index contributed by atoms with van der Waals surface area (Å²) < 4.78 is 8.03. The predicted molar refractivity (Wildman–Crippen MR) is 130 cm³/mol. The molecular weight excluding hydrogens is 438 g/mol. The number of hydrogen-bond acceptors (Lipinski definition) is 7. The van der Waals surface area contributed by atoms with Crippen molar-refractivity contribution in [2.45, 2.75) is 46.6 Å². The van der Waals surface area contributed by atoms with Gasteiger partial charge in [0.15, 0.2) is 5.65 Å². The number of anilines is 1. The molecule has 1 saturated heterocycles. The molecule has 3 heterocycles. The number of aromatic nitrogens is 4. The molecule has 8 nitrogen and oxygen atoms in total. The fourth-order valence-corrected chi connectivity index (χ4v) is 5.04. The quantitative estimate of drug-likeness (QED) is 0.551. The van der Waals surface area contributed by atoms with E-state index in [2.05, 4.69) is 34.8 Å². The summed E-state index contributed by atoms with van der Waals surface area (Å²) in [5.41, 5.74) is 9.78. The number of nitrogens with two attached hydrogens (primary N) is 1. The van der Waals surface area contributed by atoms with Crippen LogP contribution in [0.15, 0.2) is 12.4 Å². The summed E-state index contributed by atoms with van der Waals surface area (Å²) in [5.74, 6) is 1.91. The van der Waals surface area contributed by atoms with Gasteiger partial charge in [0, 0.05) is 36.7 Å². The van der Waals surface area contributed by atoms with Gasteiger partial charge in [0.2, 0.25) is 0 Å². The molecule has 2 N–H and O–H groups in total. The minimum absolute atomic E-state index is 0.193. The number of hydrogen-bond donors (Lipinski definition) is 1. The van der Waals surface area contributed by atoms with Crippen LogP contribution in [0.25, 0.3) is 11.0 Å². The van der Waals surface area contributed by atoms with Gasteiger partial charge in [-0.1, -0.05) is 25.4 Å². The van der Waals surface area contributed by atoms with Crippen molar-refractivity contribution in [3.8, 4) is 11.8 Å². The van der Waals surface area contributed by atoms with Gasteiger partial charge < -0.3 is 15.4 Å². The number of benzene rings is 1. The third-order valence-electron chi connectivity index (χ3n) is 6.20. The van der Waals surface area contributed by atoms with Crippen LogP contribution in [-0.2, 0) is 0 Å². The lowest BCUT2D eigenvalue weighted by Gasteiger charge is -2.41. The van der Waals surface area contributed by atoms with Gasteiger partial charge in [-0.05, 0) is 32.8 Å². The molecule has 0 aliphatic carbocycles. The van der Waals surface area contributed by atoms with E-state index in [4.69, 9.17) is 27.2 Å². The molecule has 0 bridgehead atoms. The molecule has 0 saturated carbocycles. The van der Waals surface area contributed by atoms with Gasteiger partial charge in [0.1, 0.15) is 24.0 Å². The van der Waals surface area contributed by atoms with Gasteiger partial charge in [0.05, 0.1) is 34.3 Å². The summed E-state index contributed by atoms with van der Waals surface area (Å²) in [6.07, 6.45) is 1.44. The summed E-state index contributed by atoms with van der Waals surface area (Å²) in [4.78, 5) is 11.0. The van der Waals surface area contributed by atoms with Crippen LogP contribution < -0.4 is 10.5 Å². The maximum atomic E-state index is 9.94. The van der Waals surface area contributed by atoms with Crippen LogP contribution in [0.4, 0.5) is 5.82 Å². The van der Waals surface area contributed by atoms with E-state index in [0.29, 0.717) is 34.6 Å². The highest BCUT2D eigenvalue weighted by Gasteiger charge is 2.35. The van der Waals surface area contributed by atoms with Gasteiger partial charge >= 0.3 is 0 Å². The first-order valence-corrected chi connectivity index (χ1v) is 11.7. The Kier molecular flexibility index (Phi) is 6.46. The van der Waals surface area contributed by atoms with E-state index in [1.807, 2.05) is 31.5 Å². The Bertz CT molecular complexity index is 1220. The molecule has 0 radical (unpaired) electrons. The van der Waals surface area contributed by atoms with Crippen LogP contribution in [0.3, 0.4) is 0 Å². The first kappa shape index (κ1) is 23.3. The molecule has 3 aromatic rings. The molecule has 174 valence electrons. The third-order valence-corrected chi connectivity index (χ3v) is 6.49. The number of nitrogen functional groups attached to an aromatic ring is 1. The van der Waals surface area contributed by atoms with E-state index >= 15 is 0 Å². The molecule has 1 aliphatic rings. The van der Waals surface area contributed by atoms with Gasteiger partial charge in [-0.15, -0.1) is 0 Å². The third kappa shape index (κ3) is 4.11. The van der Waals surface area contributed by atoms with Gasteiger partial charge in [-0.2, -0.15) is 10.4 Å². The van der Waals surface area contributed by atoms with Crippen molar-refractivity contribution < 1.29 is 4.74 Å². The zero-order chi connectivity index (χ0) is 23.9. The second-order valence-electron chi connectivity index (χ2n) is 9.08. The molecule has 1 fully saturated rings. The lowest BCUT2D eigenvalue weighted by molar-refractivity contribution is 0.128. The molecule has 1 aliphatic heterocycles. The largest absolute Gasteiger partial charge is 0.493 e.